The Kier molecular flexibility index (Phi) is 3.97. The molecule has 16 heavy (non-hydrogen) atoms. The summed E-state index contributed by atoms with van der Waals surface area (Å²) in [6, 6.07) is 0. The van der Waals surface area contributed by atoms with Gasteiger partial charge in [-0.2, -0.15) is 0 Å². The number of aromatic nitrogens is 1. The summed E-state index contributed by atoms with van der Waals surface area (Å²) in [5.41, 5.74) is 0. The number of aryl methyl sites for hydroxylation is 1. The van der Waals surface area contributed by atoms with Crippen LogP contribution in [-0.2, 0) is 11.2 Å². The molecule has 1 saturated carbocycles. The van der Waals surface area contributed by atoms with Crippen molar-refractivity contribution in [3.63, 3.8) is 0 Å². The van der Waals surface area contributed by atoms with E-state index in [-0.39, 0.29) is 6.42 Å². The van der Waals surface area contributed by atoms with Crippen LogP contribution in [-0.4, -0.2) is 16.1 Å². The van der Waals surface area contributed by atoms with Crippen LogP contribution in [0.4, 0.5) is 0 Å². The van der Waals surface area contributed by atoms with Crippen molar-refractivity contribution < 1.29 is 9.90 Å². The van der Waals surface area contributed by atoms with Crippen molar-refractivity contribution in [1.82, 2.24) is 4.98 Å². The number of carboxylic acids is 1. The summed E-state index contributed by atoms with van der Waals surface area (Å²) >= 11 is 5.10. The molecular weight excluding hydrogens is 290 g/mol. The maximum absolute atomic E-state index is 10.5. The zero-order valence-electron chi connectivity index (χ0n) is 8.91. The lowest BCUT2D eigenvalue weighted by Crippen LogP contribution is -1.96. The third-order valence-corrected chi connectivity index (χ3v) is 5.13. The number of hydrogen-bond donors (Lipinski definition) is 1. The summed E-state index contributed by atoms with van der Waals surface area (Å²) in [4.78, 5) is 16.1. The second-order valence-corrected chi connectivity index (χ2v) is 6.01. The molecule has 0 unspecified atom stereocenters. The van der Waals surface area contributed by atoms with Crippen LogP contribution in [0.1, 0.15) is 47.9 Å². The summed E-state index contributed by atoms with van der Waals surface area (Å²) in [6.45, 7) is 0. The first kappa shape index (κ1) is 12.0. The van der Waals surface area contributed by atoms with E-state index < -0.39 is 5.97 Å². The van der Waals surface area contributed by atoms with E-state index in [1.807, 2.05) is 0 Å². The fraction of sp³-hybridized carbons (Fsp3) is 0.636. The van der Waals surface area contributed by atoms with Crippen LogP contribution in [0.5, 0.6) is 0 Å². The van der Waals surface area contributed by atoms with Crippen molar-refractivity contribution in [2.75, 3.05) is 0 Å². The van der Waals surface area contributed by atoms with Crippen LogP contribution in [0.25, 0.3) is 0 Å². The molecule has 1 N–H and O–H groups in total. The van der Waals surface area contributed by atoms with Gasteiger partial charge in [0.25, 0.3) is 0 Å². The predicted molar refractivity (Wildman–Crippen MR) is 67.0 cm³/mol. The van der Waals surface area contributed by atoms with Crippen LogP contribution in [0.2, 0.25) is 0 Å². The highest BCUT2D eigenvalue weighted by Gasteiger charge is 2.22. The molecule has 5 heteroatoms. The largest absolute Gasteiger partial charge is 0.481 e. The first-order valence-electron chi connectivity index (χ1n) is 5.53. The summed E-state index contributed by atoms with van der Waals surface area (Å²) in [5, 5.41) is 9.84. The smallest absolute Gasteiger partial charge is 0.303 e. The third-order valence-electron chi connectivity index (χ3n) is 2.94. The van der Waals surface area contributed by atoms with Gasteiger partial charge in [0.2, 0.25) is 0 Å². The fourth-order valence-corrected chi connectivity index (χ4v) is 3.95. The zero-order valence-corrected chi connectivity index (χ0v) is 11.3. The summed E-state index contributed by atoms with van der Waals surface area (Å²) in [5.74, 6) is -0.136. The molecule has 2 rings (SSSR count). The summed E-state index contributed by atoms with van der Waals surface area (Å²) in [6.07, 6.45) is 5.83. The Morgan fingerprint density at radius 2 is 2.19 bits per heavy atom. The van der Waals surface area contributed by atoms with Crippen molar-refractivity contribution in [1.29, 1.82) is 0 Å². The standard InChI is InChI=1S/C11H14BrNO2S/c12-10-8(5-6-9(14)15)16-11(13-10)7-3-1-2-4-7/h7H,1-6H2,(H,14,15). The molecule has 0 aliphatic heterocycles. The van der Waals surface area contributed by atoms with Gasteiger partial charge in [-0.3, -0.25) is 4.79 Å². The van der Waals surface area contributed by atoms with E-state index >= 15 is 0 Å². The van der Waals surface area contributed by atoms with Gasteiger partial charge in [-0.05, 0) is 35.2 Å². The first-order valence-corrected chi connectivity index (χ1v) is 7.14. The molecular formula is C11H14BrNO2S. The molecule has 0 bridgehead atoms. The lowest BCUT2D eigenvalue weighted by atomic mass is 10.1. The molecule has 1 aromatic rings. The maximum atomic E-state index is 10.5. The molecule has 0 spiro atoms. The minimum atomic E-state index is -0.747. The van der Waals surface area contributed by atoms with Crippen molar-refractivity contribution >= 4 is 33.2 Å². The number of thiazole rings is 1. The van der Waals surface area contributed by atoms with E-state index in [4.69, 9.17) is 5.11 Å². The third kappa shape index (κ3) is 2.83. The Labute approximate surface area is 107 Å². The van der Waals surface area contributed by atoms with Gasteiger partial charge in [0.05, 0.1) is 11.4 Å². The normalized spacial score (nSPS) is 16.8. The van der Waals surface area contributed by atoms with Crippen LogP contribution in [0.3, 0.4) is 0 Å². The van der Waals surface area contributed by atoms with Crippen molar-refractivity contribution in [3.05, 3.63) is 14.5 Å². The molecule has 1 aliphatic rings. The fourth-order valence-electron chi connectivity index (χ4n) is 2.07. The Morgan fingerprint density at radius 3 is 2.81 bits per heavy atom. The number of aliphatic carboxylic acids is 1. The second kappa shape index (κ2) is 5.27. The highest BCUT2D eigenvalue weighted by Crippen LogP contribution is 2.38. The van der Waals surface area contributed by atoms with Crippen LogP contribution in [0, 0.1) is 0 Å². The summed E-state index contributed by atoms with van der Waals surface area (Å²) in [7, 11) is 0. The number of hydrogen-bond acceptors (Lipinski definition) is 3. The molecule has 88 valence electrons. The Hall–Kier alpha value is -0.420. The van der Waals surface area contributed by atoms with Crippen molar-refractivity contribution in [3.8, 4) is 0 Å². The lowest BCUT2D eigenvalue weighted by molar-refractivity contribution is -0.136. The molecule has 1 fully saturated rings. The molecule has 1 aliphatic carbocycles. The number of nitrogens with zero attached hydrogens (tertiary/aromatic N) is 1. The predicted octanol–water partition coefficient (Wildman–Crippen LogP) is 3.58. The van der Waals surface area contributed by atoms with Crippen LogP contribution < -0.4 is 0 Å². The van der Waals surface area contributed by atoms with E-state index in [9.17, 15) is 4.79 Å². The number of carbonyl (C=O) groups is 1. The van der Waals surface area contributed by atoms with Gasteiger partial charge in [-0.25, -0.2) is 4.98 Å². The molecule has 0 aromatic carbocycles. The van der Waals surface area contributed by atoms with Gasteiger partial charge in [0.1, 0.15) is 4.60 Å². The van der Waals surface area contributed by atoms with Gasteiger partial charge in [0.15, 0.2) is 0 Å². The van der Waals surface area contributed by atoms with Crippen LogP contribution in [0.15, 0.2) is 4.60 Å². The van der Waals surface area contributed by atoms with Gasteiger partial charge in [-0.15, -0.1) is 11.3 Å². The molecule has 0 radical (unpaired) electrons. The van der Waals surface area contributed by atoms with E-state index in [2.05, 4.69) is 20.9 Å². The molecule has 0 atom stereocenters. The quantitative estimate of drug-likeness (QED) is 0.925. The average Bonchev–Trinajstić information content (AvgIpc) is 2.83. The first-order chi connectivity index (χ1) is 7.66. The van der Waals surface area contributed by atoms with E-state index in [1.54, 1.807) is 11.3 Å². The lowest BCUT2D eigenvalue weighted by Gasteiger charge is -2.01. The minimum absolute atomic E-state index is 0.185. The number of carboxylic acid groups (broad SMARTS) is 1. The number of rotatable bonds is 4. The van der Waals surface area contributed by atoms with E-state index in [0.29, 0.717) is 12.3 Å². The molecule has 3 nitrogen and oxygen atoms in total. The minimum Gasteiger partial charge on any atom is -0.481 e. The van der Waals surface area contributed by atoms with Crippen molar-refractivity contribution in [2.45, 2.75) is 44.4 Å². The average molecular weight is 304 g/mol. The topological polar surface area (TPSA) is 50.2 Å². The van der Waals surface area contributed by atoms with E-state index in [0.717, 1.165) is 9.48 Å². The van der Waals surface area contributed by atoms with Gasteiger partial charge in [-0.1, -0.05) is 12.8 Å². The van der Waals surface area contributed by atoms with Crippen LogP contribution >= 0.6 is 27.3 Å². The molecule has 1 heterocycles. The molecule has 1 aromatic heterocycles. The van der Waals surface area contributed by atoms with Gasteiger partial charge < -0.3 is 5.11 Å². The second-order valence-electron chi connectivity index (χ2n) is 4.14. The monoisotopic (exact) mass is 303 g/mol. The maximum Gasteiger partial charge on any atom is 0.303 e. The Morgan fingerprint density at radius 1 is 1.50 bits per heavy atom. The molecule has 0 saturated heterocycles. The van der Waals surface area contributed by atoms with Gasteiger partial charge in [0, 0.05) is 10.8 Å². The highest BCUT2D eigenvalue weighted by molar-refractivity contribution is 9.10. The molecule has 0 amide bonds. The summed E-state index contributed by atoms with van der Waals surface area (Å²) < 4.78 is 0.848. The zero-order chi connectivity index (χ0) is 11.5. The Bertz CT molecular complexity index is 385. The van der Waals surface area contributed by atoms with Crippen molar-refractivity contribution in [2.24, 2.45) is 0 Å². The van der Waals surface area contributed by atoms with E-state index in [1.165, 1.54) is 30.7 Å². The SMILES string of the molecule is O=C(O)CCc1sc(C2CCCC2)nc1Br. The Balaban J connectivity index is 2.05. The van der Waals surface area contributed by atoms with Gasteiger partial charge >= 0.3 is 5.97 Å². The number of halogens is 1. The highest BCUT2D eigenvalue weighted by atomic mass is 79.9.